The molecule has 108 valence electrons. The van der Waals surface area contributed by atoms with E-state index in [9.17, 15) is 0 Å². The Labute approximate surface area is 119 Å². The van der Waals surface area contributed by atoms with Gasteiger partial charge in [-0.05, 0) is 45.2 Å². The SMILES string of the molecule is CCCCCCC(C)NC(C)c1ccc(C)cc1C. The molecular formula is C18H31N. The van der Waals surface area contributed by atoms with E-state index in [4.69, 9.17) is 0 Å². The van der Waals surface area contributed by atoms with E-state index < -0.39 is 0 Å². The number of aryl methyl sites for hydroxylation is 2. The van der Waals surface area contributed by atoms with Gasteiger partial charge < -0.3 is 5.32 Å². The van der Waals surface area contributed by atoms with Crippen molar-refractivity contribution in [2.45, 2.75) is 78.8 Å². The molecule has 19 heavy (non-hydrogen) atoms. The molecule has 0 amide bonds. The van der Waals surface area contributed by atoms with Gasteiger partial charge in [-0.1, -0.05) is 56.4 Å². The van der Waals surface area contributed by atoms with Crippen molar-refractivity contribution in [2.24, 2.45) is 0 Å². The van der Waals surface area contributed by atoms with Gasteiger partial charge in [0.25, 0.3) is 0 Å². The van der Waals surface area contributed by atoms with Gasteiger partial charge in [0, 0.05) is 12.1 Å². The molecule has 0 radical (unpaired) electrons. The maximum atomic E-state index is 3.73. The summed E-state index contributed by atoms with van der Waals surface area (Å²) >= 11 is 0. The van der Waals surface area contributed by atoms with Crippen LogP contribution in [0.5, 0.6) is 0 Å². The molecule has 0 heterocycles. The second-order valence-electron chi connectivity index (χ2n) is 6.00. The number of nitrogens with one attached hydrogen (secondary N) is 1. The minimum atomic E-state index is 0.446. The standard InChI is InChI=1S/C18H31N/c1-6-7-8-9-10-16(4)19-17(5)18-12-11-14(2)13-15(18)3/h11-13,16-17,19H,6-10H2,1-5H3. The lowest BCUT2D eigenvalue weighted by Crippen LogP contribution is -2.29. The van der Waals surface area contributed by atoms with E-state index in [1.54, 1.807) is 0 Å². The monoisotopic (exact) mass is 261 g/mol. The van der Waals surface area contributed by atoms with Crippen molar-refractivity contribution in [1.29, 1.82) is 0 Å². The number of unbranched alkanes of at least 4 members (excludes halogenated alkanes) is 3. The lowest BCUT2D eigenvalue weighted by atomic mass is 9.99. The fourth-order valence-corrected chi connectivity index (χ4v) is 2.79. The van der Waals surface area contributed by atoms with Crippen LogP contribution in [0.15, 0.2) is 18.2 Å². The van der Waals surface area contributed by atoms with E-state index in [2.05, 4.69) is 58.1 Å². The topological polar surface area (TPSA) is 12.0 Å². The van der Waals surface area contributed by atoms with Crippen LogP contribution in [0, 0.1) is 13.8 Å². The molecule has 1 heteroatoms. The molecule has 0 aromatic heterocycles. The van der Waals surface area contributed by atoms with Crippen LogP contribution in [0.1, 0.15) is 75.6 Å². The van der Waals surface area contributed by atoms with Gasteiger partial charge in [0.15, 0.2) is 0 Å². The second kappa shape index (κ2) is 8.37. The Morgan fingerprint density at radius 1 is 1.05 bits per heavy atom. The maximum absolute atomic E-state index is 3.73. The number of hydrogen-bond donors (Lipinski definition) is 1. The van der Waals surface area contributed by atoms with E-state index in [1.165, 1.54) is 48.8 Å². The average molecular weight is 261 g/mol. The lowest BCUT2D eigenvalue weighted by Gasteiger charge is -2.22. The van der Waals surface area contributed by atoms with Gasteiger partial charge >= 0.3 is 0 Å². The predicted octanol–water partition coefficient (Wildman–Crippen LogP) is 5.31. The third-order valence-electron chi connectivity index (χ3n) is 3.92. The van der Waals surface area contributed by atoms with Gasteiger partial charge in [-0.15, -0.1) is 0 Å². The Morgan fingerprint density at radius 2 is 1.79 bits per heavy atom. The fourth-order valence-electron chi connectivity index (χ4n) is 2.79. The van der Waals surface area contributed by atoms with Crippen molar-refractivity contribution in [3.63, 3.8) is 0 Å². The minimum Gasteiger partial charge on any atom is -0.308 e. The third kappa shape index (κ3) is 5.78. The van der Waals surface area contributed by atoms with Crippen LogP contribution in [-0.4, -0.2) is 6.04 Å². The van der Waals surface area contributed by atoms with Crippen LogP contribution in [0.2, 0.25) is 0 Å². The van der Waals surface area contributed by atoms with Crippen LogP contribution in [0.25, 0.3) is 0 Å². The average Bonchev–Trinajstić information content (AvgIpc) is 2.34. The molecule has 1 rings (SSSR count). The number of benzene rings is 1. The molecular weight excluding hydrogens is 230 g/mol. The molecule has 0 aliphatic carbocycles. The Balaban J connectivity index is 2.43. The summed E-state index contributed by atoms with van der Waals surface area (Å²) in [6.45, 7) is 11.2. The van der Waals surface area contributed by atoms with E-state index >= 15 is 0 Å². The van der Waals surface area contributed by atoms with Crippen molar-refractivity contribution < 1.29 is 0 Å². The zero-order valence-corrected chi connectivity index (χ0v) is 13.4. The molecule has 0 saturated carbocycles. The lowest BCUT2D eigenvalue weighted by molar-refractivity contribution is 0.437. The van der Waals surface area contributed by atoms with Crippen molar-refractivity contribution in [2.75, 3.05) is 0 Å². The molecule has 0 fully saturated rings. The van der Waals surface area contributed by atoms with Crippen molar-refractivity contribution in [3.8, 4) is 0 Å². The molecule has 1 N–H and O–H groups in total. The zero-order valence-electron chi connectivity index (χ0n) is 13.4. The second-order valence-corrected chi connectivity index (χ2v) is 6.00. The first-order valence-corrected chi connectivity index (χ1v) is 7.87. The molecule has 1 aromatic rings. The molecule has 1 aromatic carbocycles. The Bertz CT molecular complexity index is 370. The van der Waals surface area contributed by atoms with Gasteiger partial charge in [0.05, 0.1) is 0 Å². The summed E-state index contributed by atoms with van der Waals surface area (Å²) in [4.78, 5) is 0. The van der Waals surface area contributed by atoms with Gasteiger partial charge in [-0.25, -0.2) is 0 Å². The maximum Gasteiger partial charge on any atom is 0.0296 e. The highest BCUT2D eigenvalue weighted by atomic mass is 14.9. The summed E-state index contributed by atoms with van der Waals surface area (Å²) in [6.07, 6.45) is 6.71. The number of rotatable bonds is 8. The van der Waals surface area contributed by atoms with Gasteiger partial charge in [0.1, 0.15) is 0 Å². The van der Waals surface area contributed by atoms with Gasteiger partial charge in [0.2, 0.25) is 0 Å². The summed E-state index contributed by atoms with van der Waals surface area (Å²) in [5.74, 6) is 0. The van der Waals surface area contributed by atoms with Crippen LogP contribution < -0.4 is 5.32 Å². The summed E-state index contributed by atoms with van der Waals surface area (Å²) in [6, 6.07) is 7.81. The first-order chi connectivity index (χ1) is 9.04. The van der Waals surface area contributed by atoms with Crippen LogP contribution >= 0.6 is 0 Å². The Kier molecular flexibility index (Phi) is 7.15. The minimum absolute atomic E-state index is 0.446. The van der Waals surface area contributed by atoms with Crippen molar-refractivity contribution in [1.82, 2.24) is 5.32 Å². The van der Waals surface area contributed by atoms with E-state index in [0.29, 0.717) is 12.1 Å². The third-order valence-corrected chi connectivity index (χ3v) is 3.92. The molecule has 0 bridgehead atoms. The summed E-state index contributed by atoms with van der Waals surface area (Å²) in [5.41, 5.74) is 4.19. The predicted molar refractivity (Wildman–Crippen MR) is 85.7 cm³/mol. The highest BCUT2D eigenvalue weighted by Crippen LogP contribution is 2.19. The summed E-state index contributed by atoms with van der Waals surface area (Å²) < 4.78 is 0. The van der Waals surface area contributed by atoms with E-state index in [0.717, 1.165) is 0 Å². The molecule has 0 aliphatic heterocycles. The fraction of sp³-hybridized carbons (Fsp3) is 0.667. The molecule has 0 aliphatic rings. The highest BCUT2D eigenvalue weighted by Gasteiger charge is 2.11. The van der Waals surface area contributed by atoms with Gasteiger partial charge in [-0.2, -0.15) is 0 Å². The van der Waals surface area contributed by atoms with Crippen LogP contribution in [-0.2, 0) is 0 Å². The molecule has 0 saturated heterocycles. The summed E-state index contributed by atoms with van der Waals surface area (Å²) in [7, 11) is 0. The Hall–Kier alpha value is -0.820. The largest absolute Gasteiger partial charge is 0.308 e. The smallest absolute Gasteiger partial charge is 0.0296 e. The van der Waals surface area contributed by atoms with E-state index in [1.807, 2.05) is 0 Å². The first kappa shape index (κ1) is 16.2. The Morgan fingerprint density at radius 3 is 2.42 bits per heavy atom. The zero-order chi connectivity index (χ0) is 14.3. The molecule has 0 spiro atoms. The molecule has 2 unspecified atom stereocenters. The highest BCUT2D eigenvalue weighted by molar-refractivity contribution is 5.32. The first-order valence-electron chi connectivity index (χ1n) is 7.87. The van der Waals surface area contributed by atoms with Crippen molar-refractivity contribution >= 4 is 0 Å². The number of hydrogen-bond acceptors (Lipinski definition) is 1. The van der Waals surface area contributed by atoms with Crippen LogP contribution in [0.3, 0.4) is 0 Å². The van der Waals surface area contributed by atoms with Crippen molar-refractivity contribution in [3.05, 3.63) is 34.9 Å². The van der Waals surface area contributed by atoms with Gasteiger partial charge in [-0.3, -0.25) is 0 Å². The normalized spacial score (nSPS) is 14.4. The van der Waals surface area contributed by atoms with E-state index in [-0.39, 0.29) is 0 Å². The molecule has 1 nitrogen and oxygen atoms in total. The quantitative estimate of drug-likeness (QED) is 0.625. The summed E-state index contributed by atoms with van der Waals surface area (Å²) in [5, 5.41) is 3.73. The van der Waals surface area contributed by atoms with Crippen LogP contribution in [0.4, 0.5) is 0 Å². The molecule has 2 atom stereocenters.